The SMILES string of the molecule is O=C(N[S+]([O-])c1ncccc1Br)c1cc2c(F)cc(N3CCC3)cc2o1. The van der Waals surface area contributed by atoms with E-state index in [1.807, 2.05) is 4.90 Å². The molecule has 1 aromatic carbocycles. The zero-order valence-corrected chi connectivity index (χ0v) is 15.8. The van der Waals surface area contributed by atoms with Gasteiger partial charge in [0.1, 0.15) is 22.8 Å². The van der Waals surface area contributed by atoms with Crippen molar-refractivity contribution >= 4 is 49.9 Å². The molecule has 1 saturated heterocycles. The molecule has 1 aliphatic heterocycles. The fraction of sp³-hybridized carbons (Fsp3) is 0.176. The van der Waals surface area contributed by atoms with Gasteiger partial charge in [0, 0.05) is 37.1 Å². The average molecular weight is 438 g/mol. The molecule has 0 saturated carbocycles. The second-order valence-electron chi connectivity index (χ2n) is 5.78. The van der Waals surface area contributed by atoms with Crippen LogP contribution in [0.3, 0.4) is 0 Å². The minimum absolute atomic E-state index is 0.111. The van der Waals surface area contributed by atoms with Crippen LogP contribution < -0.4 is 9.62 Å². The third kappa shape index (κ3) is 3.17. The number of nitrogens with zero attached hydrogens (tertiary/aromatic N) is 2. The molecule has 4 rings (SSSR count). The predicted octanol–water partition coefficient (Wildman–Crippen LogP) is 3.39. The molecule has 1 aliphatic rings. The maximum absolute atomic E-state index is 14.3. The summed E-state index contributed by atoms with van der Waals surface area (Å²) in [5.74, 6) is -1.28. The normalized spacial score (nSPS) is 15.0. The monoisotopic (exact) mass is 437 g/mol. The Kier molecular flexibility index (Phi) is 4.60. The molecule has 9 heteroatoms. The quantitative estimate of drug-likeness (QED) is 0.632. The largest absolute Gasteiger partial charge is 0.586 e. The van der Waals surface area contributed by atoms with E-state index in [0.29, 0.717) is 4.47 Å². The first-order valence-electron chi connectivity index (χ1n) is 7.84. The Labute approximate surface area is 159 Å². The fourth-order valence-electron chi connectivity index (χ4n) is 2.64. The van der Waals surface area contributed by atoms with Gasteiger partial charge in [0.15, 0.2) is 5.76 Å². The van der Waals surface area contributed by atoms with Crippen LogP contribution in [-0.4, -0.2) is 28.5 Å². The Hall–Kier alpha value is -2.10. The summed E-state index contributed by atoms with van der Waals surface area (Å²) in [4.78, 5) is 18.3. The number of hydrogen-bond acceptors (Lipinski definition) is 5. The number of rotatable bonds is 4. The van der Waals surface area contributed by atoms with E-state index in [9.17, 15) is 13.7 Å². The number of furan rings is 1. The van der Waals surface area contributed by atoms with Gasteiger partial charge in [-0.2, -0.15) is 4.72 Å². The molecule has 0 bridgehead atoms. The van der Waals surface area contributed by atoms with Crippen molar-refractivity contribution in [2.75, 3.05) is 18.0 Å². The Morgan fingerprint density at radius 2 is 2.19 bits per heavy atom. The highest BCUT2D eigenvalue weighted by molar-refractivity contribution is 9.10. The van der Waals surface area contributed by atoms with E-state index in [4.69, 9.17) is 4.42 Å². The molecule has 3 heterocycles. The zero-order valence-electron chi connectivity index (χ0n) is 13.4. The Bertz CT molecular complexity index is 993. The van der Waals surface area contributed by atoms with Gasteiger partial charge in [0.25, 0.3) is 5.03 Å². The maximum Gasteiger partial charge on any atom is 0.328 e. The summed E-state index contributed by atoms with van der Waals surface area (Å²) in [6, 6.07) is 7.79. The molecule has 0 radical (unpaired) electrons. The molecule has 0 aliphatic carbocycles. The minimum atomic E-state index is -1.88. The molecule has 0 spiro atoms. The number of amides is 1. The van der Waals surface area contributed by atoms with Gasteiger partial charge in [0.05, 0.1) is 9.86 Å². The fourth-order valence-corrected chi connectivity index (χ4v) is 4.11. The summed E-state index contributed by atoms with van der Waals surface area (Å²) < 4.78 is 34.9. The summed E-state index contributed by atoms with van der Waals surface area (Å²) >= 11 is 1.35. The van der Waals surface area contributed by atoms with Crippen molar-refractivity contribution in [1.82, 2.24) is 9.71 Å². The molecule has 3 aromatic rings. The van der Waals surface area contributed by atoms with Crippen LogP contribution in [-0.2, 0) is 11.4 Å². The van der Waals surface area contributed by atoms with Crippen LogP contribution in [0.1, 0.15) is 17.0 Å². The Morgan fingerprint density at radius 3 is 2.88 bits per heavy atom. The zero-order chi connectivity index (χ0) is 18.3. The topological polar surface area (TPSA) is 81.4 Å². The lowest BCUT2D eigenvalue weighted by Crippen LogP contribution is -2.36. The average Bonchev–Trinajstić information content (AvgIpc) is 2.98. The van der Waals surface area contributed by atoms with Gasteiger partial charge in [-0.25, -0.2) is 9.37 Å². The van der Waals surface area contributed by atoms with Crippen LogP contribution in [0, 0.1) is 5.82 Å². The van der Waals surface area contributed by atoms with Crippen molar-refractivity contribution in [3.8, 4) is 0 Å². The molecule has 134 valence electrons. The molecule has 1 amide bonds. The Morgan fingerprint density at radius 1 is 1.38 bits per heavy atom. The summed E-state index contributed by atoms with van der Waals surface area (Å²) in [5.41, 5.74) is 1.00. The highest BCUT2D eigenvalue weighted by Gasteiger charge is 2.25. The van der Waals surface area contributed by atoms with Crippen molar-refractivity contribution in [3.63, 3.8) is 0 Å². The number of hydrogen-bond donors (Lipinski definition) is 1. The molecular formula is C17H13BrFN3O3S. The standard InChI is InChI=1S/C17H13BrFN3O3S/c18-12-3-1-4-20-17(12)26(24)21-16(23)15-9-11-13(19)7-10(8-14(11)25-15)22-5-2-6-22/h1,3-4,7-9H,2,5-6H2,(H,21,23). The number of halogens is 2. The number of anilines is 1. The van der Waals surface area contributed by atoms with Crippen LogP contribution in [0.4, 0.5) is 10.1 Å². The summed E-state index contributed by atoms with van der Waals surface area (Å²) in [5, 5.41) is 0.396. The maximum atomic E-state index is 14.3. The highest BCUT2D eigenvalue weighted by Crippen LogP contribution is 2.30. The predicted molar refractivity (Wildman–Crippen MR) is 98.8 cm³/mol. The summed E-state index contributed by atoms with van der Waals surface area (Å²) in [7, 11) is 0. The van der Waals surface area contributed by atoms with Crippen LogP contribution >= 0.6 is 15.9 Å². The Balaban J connectivity index is 1.59. The second-order valence-corrected chi connectivity index (χ2v) is 7.76. The lowest BCUT2D eigenvalue weighted by molar-refractivity contribution is 0.0956. The van der Waals surface area contributed by atoms with E-state index in [-0.39, 0.29) is 21.8 Å². The van der Waals surface area contributed by atoms with Gasteiger partial charge < -0.3 is 13.9 Å². The van der Waals surface area contributed by atoms with E-state index in [0.717, 1.165) is 25.2 Å². The molecule has 1 N–H and O–H groups in total. The third-order valence-corrected chi connectivity index (χ3v) is 6.05. The van der Waals surface area contributed by atoms with Gasteiger partial charge in [-0.1, -0.05) is 0 Å². The van der Waals surface area contributed by atoms with Crippen molar-refractivity contribution < 1.29 is 18.2 Å². The molecule has 26 heavy (non-hydrogen) atoms. The number of pyridine rings is 1. The van der Waals surface area contributed by atoms with Gasteiger partial charge in [0.2, 0.25) is 0 Å². The van der Waals surface area contributed by atoms with Crippen molar-refractivity contribution in [2.24, 2.45) is 0 Å². The van der Waals surface area contributed by atoms with Crippen LogP contribution in [0.2, 0.25) is 0 Å². The number of benzene rings is 1. The lowest BCUT2D eigenvalue weighted by Gasteiger charge is -2.33. The number of fused-ring (bicyclic) bond motifs is 1. The van der Waals surface area contributed by atoms with Gasteiger partial charge >= 0.3 is 5.91 Å². The van der Waals surface area contributed by atoms with E-state index in [2.05, 4.69) is 25.6 Å². The smallest absolute Gasteiger partial charge is 0.328 e. The van der Waals surface area contributed by atoms with Gasteiger partial charge in [-0.3, -0.25) is 4.79 Å². The van der Waals surface area contributed by atoms with Gasteiger partial charge in [-0.15, -0.1) is 0 Å². The number of aromatic nitrogens is 1. The van der Waals surface area contributed by atoms with Gasteiger partial charge in [-0.05, 0) is 40.5 Å². The van der Waals surface area contributed by atoms with E-state index >= 15 is 0 Å². The molecule has 6 nitrogen and oxygen atoms in total. The summed E-state index contributed by atoms with van der Waals surface area (Å²) in [6.45, 7) is 1.74. The van der Waals surface area contributed by atoms with E-state index < -0.39 is 23.1 Å². The molecule has 1 fully saturated rings. The lowest BCUT2D eigenvalue weighted by atomic mass is 10.1. The first kappa shape index (κ1) is 17.3. The number of carbonyl (C=O) groups is 1. The summed E-state index contributed by atoms with van der Waals surface area (Å²) in [6.07, 6.45) is 2.54. The van der Waals surface area contributed by atoms with Crippen LogP contribution in [0.15, 0.2) is 50.4 Å². The number of nitrogens with one attached hydrogen (secondary N) is 1. The van der Waals surface area contributed by atoms with Crippen molar-refractivity contribution in [2.45, 2.75) is 11.4 Å². The molecule has 1 atom stereocenters. The van der Waals surface area contributed by atoms with Crippen LogP contribution in [0.5, 0.6) is 0 Å². The van der Waals surface area contributed by atoms with E-state index in [1.54, 1.807) is 18.2 Å². The molecular weight excluding hydrogens is 425 g/mol. The van der Waals surface area contributed by atoms with Crippen molar-refractivity contribution in [1.29, 1.82) is 0 Å². The highest BCUT2D eigenvalue weighted by atomic mass is 79.9. The van der Waals surface area contributed by atoms with Crippen molar-refractivity contribution in [3.05, 3.63) is 52.6 Å². The number of carbonyl (C=O) groups excluding carboxylic acids is 1. The second kappa shape index (κ2) is 6.90. The third-order valence-electron chi connectivity index (χ3n) is 4.10. The molecule has 1 unspecified atom stereocenters. The molecule has 2 aromatic heterocycles. The first-order chi connectivity index (χ1) is 12.5. The first-order valence-corrected chi connectivity index (χ1v) is 9.78. The van der Waals surface area contributed by atoms with Crippen LogP contribution in [0.25, 0.3) is 11.0 Å². The minimum Gasteiger partial charge on any atom is -0.586 e. The van der Waals surface area contributed by atoms with E-state index in [1.165, 1.54) is 18.3 Å².